The van der Waals surface area contributed by atoms with Crippen molar-refractivity contribution in [3.63, 3.8) is 0 Å². The summed E-state index contributed by atoms with van der Waals surface area (Å²) in [5.41, 5.74) is 3.88. The first-order chi connectivity index (χ1) is 8.08. The number of hydrogen-bond acceptors (Lipinski definition) is 2. The lowest BCUT2D eigenvalue weighted by Gasteiger charge is -2.16. The van der Waals surface area contributed by atoms with Gasteiger partial charge in [-0.1, -0.05) is 12.1 Å². The minimum Gasteiger partial charge on any atom is -0.377 e. The number of benzene rings is 1. The number of aryl methyl sites for hydroxylation is 1. The molecule has 1 unspecified atom stereocenters. The van der Waals surface area contributed by atoms with Crippen molar-refractivity contribution < 1.29 is 0 Å². The predicted octanol–water partition coefficient (Wildman–Crippen LogP) is 5.30. The maximum Gasteiger partial charge on any atom is 0.0702 e. The zero-order valence-electron chi connectivity index (χ0n) is 10.3. The first-order valence-corrected chi connectivity index (χ1v) is 7.27. The quantitative estimate of drug-likeness (QED) is 0.811. The molecule has 0 radical (unpaired) electrons. The van der Waals surface area contributed by atoms with Gasteiger partial charge in [-0.3, -0.25) is 0 Å². The summed E-state index contributed by atoms with van der Waals surface area (Å²) in [5.74, 6) is 0. The summed E-state index contributed by atoms with van der Waals surface area (Å²) in [6.45, 7) is 6.50. The number of hydrogen-bond donors (Lipinski definition) is 1. The first kappa shape index (κ1) is 12.7. The second-order valence-electron chi connectivity index (χ2n) is 4.26. The summed E-state index contributed by atoms with van der Waals surface area (Å²) < 4.78 is 1.18. The summed E-state index contributed by atoms with van der Waals surface area (Å²) in [7, 11) is 0. The van der Waals surface area contributed by atoms with Crippen molar-refractivity contribution in [3.05, 3.63) is 50.1 Å². The van der Waals surface area contributed by atoms with Gasteiger partial charge in [-0.25, -0.2) is 0 Å². The Hall–Kier alpha value is -0.800. The van der Waals surface area contributed by atoms with Crippen LogP contribution in [0.4, 0.5) is 5.69 Å². The van der Waals surface area contributed by atoms with Crippen molar-refractivity contribution in [2.75, 3.05) is 5.32 Å². The van der Waals surface area contributed by atoms with Crippen LogP contribution in [0, 0.1) is 13.8 Å². The van der Waals surface area contributed by atoms with E-state index < -0.39 is 0 Å². The third kappa shape index (κ3) is 2.90. The fourth-order valence-electron chi connectivity index (χ4n) is 1.77. The van der Waals surface area contributed by atoms with E-state index in [1.807, 2.05) is 0 Å². The molecule has 0 spiro atoms. The molecule has 0 fully saturated rings. The Balaban J connectivity index is 2.18. The van der Waals surface area contributed by atoms with Gasteiger partial charge in [-0.15, -0.1) is 11.3 Å². The van der Waals surface area contributed by atoms with Gasteiger partial charge in [0.1, 0.15) is 0 Å². The van der Waals surface area contributed by atoms with Crippen LogP contribution in [0.25, 0.3) is 0 Å². The predicted molar refractivity (Wildman–Crippen MR) is 80.0 cm³/mol. The second-order valence-corrected chi connectivity index (χ2v) is 6.75. The van der Waals surface area contributed by atoms with Crippen LogP contribution in [0.5, 0.6) is 0 Å². The molecule has 1 aromatic carbocycles. The standard InChI is InChI=1S/C14H16BrNS/c1-9-5-4-6-12(10(9)2)16-11(3)13-7-8-14(15)17-13/h4-8,11,16H,1-3H3. The Morgan fingerprint density at radius 1 is 1.18 bits per heavy atom. The molecule has 3 heteroatoms. The van der Waals surface area contributed by atoms with Crippen LogP contribution in [0.2, 0.25) is 0 Å². The van der Waals surface area contributed by atoms with E-state index in [2.05, 4.69) is 72.3 Å². The minimum absolute atomic E-state index is 0.340. The van der Waals surface area contributed by atoms with Crippen LogP contribution >= 0.6 is 27.3 Å². The SMILES string of the molecule is Cc1cccc(NC(C)c2ccc(Br)s2)c1C. The molecule has 1 heterocycles. The van der Waals surface area contributed by atoms with Crippen LogP contribution in [0.3, 0.4) is 0 Å². The van der Waals surface area contributed by atoms with Crippen molar-refractivity contribution in [2.45, 2.75) is 26.8 Å². The molecule has 1 nitrogen and oxygen atoms in total. The number of rotatable bonds is 3. The maximum atomic E-state index is 3.57. The summed E-state index contributed by atoms with van der Waals surface area (Å²) >= 11 is 5.28. The molecule has 1 N–H and O–H groups in total. The summed E-state index contributed by atoms with van der Waals surface area (Å²) in [6, 6.07) is 11.0. The van der Waals surface area contributed by atoms with Gasteiger partial charge in [-0.2, -0.15) is 0 Å². The second kappa shape index (κ2) is 5.23. The Bertz CT molecular complexity index is 519. The van der Waals surface area contributed by atoms with Gasteiger partial charge in [0.25, 0.3) is 0 Å². The van der Waals surface area contributed by atoms with Crippen LogP contribution in [0.1, 0.15) is 29.0 Å². The van der Waals surface area contributed by atoms with E-state index in [0.717, 1.165) is 0 Å². The van der Waals surface area contributed by atoms with Crippen LogP contribution in [0.15, 0.2) is 34.1 Å². The molecule has 0 bridgehead atoms. The van der Waals surface area contributed by atoms with Crippen molar-refractivity contribution >= 4 is 33.0 Å². The third-order valence-corrected chi connectivity index (χ3v) is 4.80. The van der Waals surface area contributed by atoms with Gasteiger partial charge in [0.2, 0.25) is 0 Å². The minimum atomic E-state index is 0.340. The Morgan fingerprint density at radius 2 is 1.94 bits per heavy atom. The van der Waals surface area contributed by atoms with E-state index in [1.165, 1.54) is 25.5 Å². The molecule has 0 aliphatic heterocycles. The highest BCUT2D eigenvalue weighted by molar-refractivity contribution is 9.11. The van der Waals surface area contributed by atoms with E-state index in [0.29, 0.717) is 6.04 Å². The summed E-state index contributed by atoms with van der Waals surface area (Å²) in [5, 5.41) is 3.57. The monoisotopic (exact) mass is 309 g/mol. The number of halogens is 1. The molecule has 0 aliphatic carbocycles. The highest BCUT2D eigenvalue weighted by atomic mass is 79.9. The highest BCUT2D eigenvalue weighted by Gasteiger charge is 2.09. The number of thiophene rings is 1. The van der Waals surface area contributed by atoms with Crippen LogP contribution in [-0.4, -0.2) is 0 Å². The molecular weight excluding hydrogens is 294 g/mol. The largest absolute Gasteiger partial charge is 0.377 e. The Labute approximate surface area is 115 Å². The Morgan fingerprint density at radius 3 is 2.59 bits per heavy atom. The molecule has 2 rings (SSSR count). The van der Waals surface area contributed by atoms with Gasteiger partial charge in [0.05, 0.1) is 9.83 Å². The third-order valence-electron chi connectivity index (χ3n) is 3.00. The van der Waals surface area contributed by atoms with Crippen molar-refractivity contribution in [1.82, 2.24) is 0 Å². The lowest BCUT2D eigenvalue weighted by molar-refractivity contribution is 0.905. The molecule has 17 heavy (non-hydrogen) atoms. The van der Waals surface area contributed by atoms with Crippen molar-refractivity contribution in [2.24, 2.45) is 0 Å². The van der Waals surface area contributed by atoms with E-state index in [1.54, 1.807) is 11.3 Å². The van der Waals surface area contributed by atoms with Crippen molar-refractivity contribution in [3.8, 4) is 0 Å². The smallest absolute Gasteiger partial charge is 0.0702 e. The van der Waals surface area contributed by atoms with Gasteiger partial charge < -0.3 is 5.32 Å². The van der Waals surface area contributed by atoms with Crippen LogP contribution < -0.4 is 5.32 Å². The number of anilines is 1. The average Bonchev–Trinajstić information content (AvgIpc) is 2.72. The Kier molecular flexibility index (Phi) is 3.89. The molecule has 1 aromatic heterocycles. The molecule has 0 amide bonds. The molecular formula is C14H16BrNS. The lowest BCUT2D eigenvalue weighted by atomic mass is 10.1. The zero-order valence-corrected chi connectivity index (χ0v) is 12.7. The van der Waals surface area contributed by atoms with Gasteiger partial charge in [0, 0.05) is 10.6 Å². The van der Waals surface area contributed by atoms with Gasteiger partial charge >= 0.3 is 0 Å². The van der Waals surface area contributed by atoms with E-state index in [9.17, 15) is 0 Å². The fourth-order valence-corrected chi connectivity index (χ4v) is 3.20. The van der Waals surface area contributed by atoms with E-state index >= 15 is 0 Å². The van der Waals surface area contributed by atoms with Crippen molar-refractivity contribution in [1.29, 1.82) is 0 Å². The molecule has 2 aromatic rings. The van der Waals surface area contributed by atoms with E-state index in [-0.39, 0.29) is 0 Å². The highest BCUT2D eigenvalue weighted by Crippen LogP contribution is 2.30. The van der Waals surface area contributed by atoms with Gasteiger partial charge in [-0.05, 0) is 66.0 Å². The summed E-state index contributed by atoms with van der Waals surface area (Å²) in [6.07, 6.45) is 0. The van der Waals surface area contributed by atoms with Gasteiger partial charge in [0.15, 0.2) is 0 Å². The molecule has 0 saturated carbocycles. The van der Waals surface area contributed by atoms with Crippen LogP contribution in [-0.2, 0) is 0 Å². The molecule has 0 aliphatic rings. The molecule has 0 saturated heterocycles. The lowest BCUT2D eigenvalue weighted by Crippen LogP contribution is -2.06. The fraction of sp³-hybridized carbons (Fsp3) is 0.286. The summed E-state index contributed by atoms with van der Waals surface area (Å²) in [4.78, 5) is 1.35. The molecule has 90 valence electrons. The topological polar surface area (TPSA) is 12.0 Å². The number of nitrogens with one attached hydrogen (secondary N) is 1. The van der Waals surface area contributed by atoms with E-state index in [4.69, 9.17) is 0 Å². The normalized spacial score (nSPS) is 12.5. The average molecular weight is 310 g/mol. The maximum absolute atomic E-state index is 3.57. The zero-order chi connectivity index (χ0) is 12.4. The molecule has 1 atom stereocenters. The first-order valence-electron chi connectivity index (χ1n) is 5.66.